The lowest BCUT2D eigenvalue weighted by atomic mass is 10.0. The molecule has 7 nitrogen and oxygen atoms in total. The van der Waals surface area contributed by atoms with Gasteiger partial charge in [0.2, 0.25) is 12.4 Å². The molecule has 1 saturated heterocycles. The van der Waals surface area contributed by atoms with Crippen LogP contribution in [0.25, 0.3) is 16.8 Å². The molecular weight excluding hydrogens is 479 g/mol. The molecule has 3 aromatic heterocycles. The average molecular weight is 520 g/mol. The van der Waals surface area contributed by atoms with Crippen LogP contribution in [0, 0.1) is 13.8 Å². The number of alkyl halides is 3. The number of nitrogens with one attached hydrogen (secondary N) is 1. The number of hydrogen-bond donors (Lipinski definition) is 1. The van der Waals surface area contributed by atoms with Crippen LogP contribution in [-0.4, -0.2) is 69.0 Å². The normalized spacial score (nSPS) is 17.5. The van der Waals surface area contributed by atoms with Gasteiger partial charge >= 0.3 is 0 Å². The van der Waals surface area contributed by atoms with E-state index in [0.717, 1.165) is 52.5 Å². The number of nitrogens with zero attached hydrogens (tertiary/aromatic N) is 6. The van der Waals surface area contributed by atoms with Gasteiger partial charge < -0.3 is 10.2 Å². The zero-order chi connectivity index (χ0) is 27.7. The summed E-state index contributed by atoms with van der Waals surface area (Å²) < 4.78 is 37.7. The van der Waals surface area contributed by atoms with Crippen LogP contribution in [0.4, 0.5) is 24.8 Å². The van der Waals surface area contributed by atoms with Crippen LogP contribution in [-0.2, 0) is 0 Å². The molecule has 0 bridgehead atoms. The van der Waals surface area contributed by atoms with E-state index in [1.165, 1.54) is 6.92 Å². The Hall–Kier alpha value is -3.01. The molecule has 4 heterocycles. The van der Waals surface area contributed by atoms with Gasteiger partial charge in [0.25, 0.3) is 0 Å². The maximum Gasteiger partial charge on any atom is 0.241 e. The standard InChI is InChI=1S/C22H28FN7.C3H6F2.C2H6/c1-13(2)24-18-6-7-19(25-14(18)3)16-8-11-30-21(16)15(4)26-22(28-30)27-20-9-10-29(5)12-17(20)23;1-2-3(4)5;1-2/h6-8,11,17,20H,9-10,12H2,1-5H3,(H,27,28);3H,2H2,1H3;1-2H3/t17-,20?;;/m0../s1. The summed E-state index contributed by atoms with van der Waals surface area (Å²) in [6, 6.07) is 5.68. The highest BCUT2D eigenvalue weighted by atomic mass is 19.3. The number of aryl methyl sites for hydroxylation is 2. The second-order valence-corrected chi connectivity index (χ2v) is 9.02. The number of pyridine rings is 1. The molecule has 0 amide bonds. The monoisotopic (exact) mass is 519 g/mol. The van der Waals surface area contributed by atoms with E-state index < -0.39 is 12.6 Å². The molecule has 10 heteroatoms. The lowest BCUT2D eigenvalue weighted by Crippen LogP contribution is -2.46. The molecule has 0 saturated carbocycles. The van der Waals surface area contributed by atoms with E-state index in [1.54, 1.807) is 4.52 Å². The summed E-state index contributed by atoms with van der Waals surface area (Å²) in [5.41, 5.74) is 6.29. The summed E-state index contributed by atoms with van der Waals surface area (Å²) in [6.07, 6.45) is -0.464. The third-order valence-corrected chi connectivity index (χ3v) is 5.73. The minimum absolute atomic E-state index is 0.0278. The average Bonchev–Trinajstić information content (AvgIpc) is 3.28. The number of aliphatic imine (C=N–C) groups is 1. The van der Waals surface area contributed by atoms with Crippen molar-refractivity contribution in [2.24, 2.45) is 4.99 Å². The Morgan fingerprint density at radius 1 is 1.14 bits per heavy atom. The summed E-state index contributed by atoms with van der Waals surface area (Å²) in [5, 5.41) is 7.77. The highest BCUT2D eigenvalue weighted by Crippen LogP contribution is 2.29. The number of hydrogen-bond acceptors (Lipinski definition) is 6. The van der Waals surface area contributed by atoms with Crippen molar-refractivity contribution in [1.82, 2.24) is 24.5 Å². The highest BCUT2D eigenvalue weighted by molar-refractivity contribution is 5.84. The quantitative estimate of drug-likeness (QED) is 0.382. The van der Waals surface area contributed by atoms with Gasteiger partial charge in [-0.1, -0.05) is 20.8 Å². The van der Waals surface area contributed by atoms with E-state index in [2.05, 4.69) is 20.4 Å². The van der Waals surface area contributed by atoms with Gasteiger partial charge in [-0.3, -0.25) is 9.98 Å². The Morgan fingerprint density at radius 2 is 1.81 bits per heavy atom. The summed E-state index contributed by atoms with van der Waals surface area (Å²) in [5.74, 6) is 0.451. The Morgan fingerprint density at radius 3 is 2.38 bits per heavy atom. The third-order valence-electron chi connectivity index (χ3n) is 5.73. The number of aromatic nitrogens is 4. The Kier molecular flexibility index (Phi) is 11.5. The SMILES string of the molecule is CC.CC(C)=Nc1ccc(-c2ccn3nc(NC4CCN(C)C[C@@H]4F)nc(C)c23)nc1C.CCC(F)F. The molecule has 0 aromatic carbocycles. The van der Waals surface area contributed by atoms with Crippen LogP contribution in [0.5, 0.6) is 0 Å². The molecule has 1 unspecified atom stereocenters. The molecule has 1 aliphatic heterocycles. The number of halogens is 3. The van der Waals surface area contributed by atoms with E-state index in [9.17, 15) is 13.2 Å². The fourth-order valence-corrected chi connectivity index (χ4v) is 3.92. The van der Waals surface area contributed by atoms with E-state index in [-0.39, 0.29) is 12.5 Å². The topological polar surface area (TPSA) is 70.7 Å². The minimum atomic E-state index is -2.12. The zero-order valence-corrected chi connectivity index (χ0v) is 23.2. The Bertz CT molecular complexity index is 1170. The summed E-state index contributed by atoms with van der Waals surface area (Å²) >= 11 is 0. The van der Waals surface area contributed by atoms with Crippen LogP contribution in [0.3, 0.4) is 0 Å². The van der Waals surface area contributed by atoms with Crippen LogP contribution in [0.1, 0.15) is 58.8 Å². The lowest BCUT2D eigenvalue weighted by molar-refractivity contribution is 0.144. The summed E-state index contributed by atoms with van der Waals surface area (Å²) in [6.45, 7) is 14.6. The van der Waals surface area contributed by atoms with E-state index in [1.807, 2.05) is 77.9 Å². The Balaban J connectivity index is 0.000000617. The number of likely N-dealkylation sites (tertiary alicyclic amines) is 1. The first-order valence-electron chi connectivity index (χ1n) is 12.8. The molecule has 1 aliphatic rings. The second kappa shape index (κ2) is 14.1. The van der Waals surface area contributed by atoms with Crippen molar-refractivity contribution in [2.75, 3.05) is 25.5 Å². The molecule has 204 valence electrons. The summed E-state index contributed by atoms with van der Waals surface area (Å²) in [4.78, 5) is 15.9. The molecule has 1 N–H and O–H groups in total. The third kappa shape index (κ3) is 8.24. The molecule has 0 radical (unpaired) electrons. The first kappa shape index (κ1) is 30.2. The fraction of sp³-hybridized carbons (Fsp3) is 0.556. The number of fused-ring (bicyclic) bond motifs is 1. The predicted octanol–water partition coefficient (Wildman–Crippen LogP) is 6.66. The first-order valence-corrected chi connectivity index (χ1v) is 12.8. The van der Waals surface area contributed by atoms with Gasteiger partial charge in [-0.15, -0.1) is 5.10 Å². The molecule has 37 heavy (non-hydrogen) atoms. The van der Waals surface area contributed by atoms with Gasteiger partial charge in [-0.2, -0.15) is 0 Å². The van der Waals surface area contributed by atoms with Crippen LogP contribution in [0.15, 0.2) is 29.4 Å². The van der Waals surface area contributed by atoms with Gasteiger partial charge in [0.15, 0.2) is 0 Å². The van der Waals surface area contributed by atoms with Crippen molar-refractivity contribution in [1.29, 1.82) is 0 Å². The molecule has 3 aromatic rings. The number of piperidine rings is 1. The first-order chi connectivity index (χ1) is 17.6. The van der Waals surface area contributed by atoms with Crippen molar-refractivity contribution in [2.45, 2.75) is 79.9 Å². The van der Waals surface area contributed by atoms with E-state index >= 15 is 0 Å². The maximum absolute atomic E-state index is 14.4. The van der Waals surface area contributed by atoms with Crippen LogP contribution in [0.2, 0.25) is 0 Å². The van der Waals surface area contributed by atoms with Gasteiger partial charge in [0.1, 0.15) is 6.17 Å². The largest absolute Gasteiger partial charge is 0.347 e. The van der Waals surface area contributed by atoms with Gasteiger partial charge in [0.05, 0.1) is 34.3 Å². The molecule has 2 atom stereocenters. The smallest absolute Gasteiger partial charge is 0.241 e. The van der Waals surface area contributed by atoms with Crippen molar-refractivity contribution >= 4 is 22.9 Å². The number of anilines is 1. The lowest BCUT2D eigenvalue weighted by Gasteiger charge is -2.32. The van der Waals surface area contributed by atoms with Crippen molar-refractivity contribution in [3.05, 3.63) is 35.8 Å². The minimum Gasteiger partial charge on any atom is -0.347 e. The van der Waals surface area contributed by atoms with Crippen molar-refractivity contribution < 1.29 is 13.2 Å². The fourth-order valence-electron chi connectivity index (χ4n) is 3.92. The van der Waals surface area contributed by atoms with Gasteiger partial charge in [-0.25, -0.2) is 22.7 Å². The molecule has 0 aliphatic carbocycles. The Labute approximate surface area is 218 Å². The summed E-state index contributed by atoms with van der Waals surface area (Å²) in [7, 11) is 1.94. The van der Waals surface area contributed by atoms with Gasteiger partial charge in [0, 0.05) is 37.0 Å². The number of rotatable bonds is 5. The van der Waals surface area contributed by atoms with Crippen molar-refractivity contribution in [3.8, 4) is 11.3 Å². The zero-order valence-electron chi connectivity index (χ0n) is 23.2. The molecular formula is C27H40F3N7. The second-order valence-electron chi connectivity index (χ2n) is 9.02. The van der Waals surface area contributed by atoms with Crippen LogP contribution >= 0.6 is 0 Å². The highest BCUT2D eigenvalue weighted by Gasteiger charge is 2.28. The molecule has 4 rings (SSSR count). The van der Waals surface area contributed by atoms with Crippen molar-refractivity contribution in [3.63, 3.8) is 0 Å². The van der Waals surface area contributed by atoms with Crippen LogP contribution < -0.4 is 5.32 Å². The maximum atomic E-state index is 14.4. The van der Waals surface area contributed by atoms with E-state index in [4.69, 9.17) is 4.98 Å². The van der Waals surface area contributed by atoms with E-state index in [0.29, 0.717) is 12.5 Å². The molecule has 1 fully saturated rings. The van der Waals surface area contributed by atoms with Gasteiger partial charge in [-0.05, 0) is 59.4 Å². The molecule has 0 spiro atoms. The predicted molar refractivity (Wildman–Crippen MR) is 146 cm³/mol.